The number of anilines is 1. The van der Waals surface area contributed by atoms with Crippen molar-refractivity contribution in [3.63, 3.8) is 0 Å². The summed E-state index contributed by atoms with van der Waals surface area (Å²) in [6.45, 7) is 7.53. The maximum Gasteiger partial charge on any atom is 0.325 e. The Morgan fingerprint density at radius 1 is 1.00 bits per heavy atom. The van der Waals surface area contributed by atoms with E-state index < -0.39 is 17.2 Å². The Morgan fingerprint density at radius 2 is 1.69 bits per heavy atom. The third-order valence-electron chi connectivity index (χ3n) is 4.22. The van der Waals surface area contributed by atoms with Crippen LogP contribution in [0.5, 0.6) is 0 Å². The van der Waals surface area contributed by atoms with E-state index in [2.05, 4.69) is 20.8 Å². The second kappa shape index (κ2) is 8.91. The second-order valence-corrected chi connectivity index (χ2v) is 8.05. The first-order valence-corrected chi connectivity index (χ1v) is 9.96. The van der Waals surface area contributed by atoms with E-state index in [4.69, 9.17) is 4.42 Å². The number of carbonyl (C=O) groups is 2. The number of carbonyl (C=O) groups excluding carboxylic acids is 2. The molecule has 1 atom stereocenters. The number of aryl methyl sites for hydroxylation is 3. The molecule has 7 nitrogen and oxygen atoms in total. The average molecular weight is 410 g/mol. The van der Waals surface area contributed by atoms with Crippen LogP contribution in [-0.4, -0.2) is 27.4 Å². The zero-order valence-electron chi connectivity index (χ0n) is 16.6. The number of urea groups is 1. The van der Waals surface area contributed by atoms with Gasteiger partial charge >= 0.3 is 6.03 Å². The molecule has 1 heterocycles. The number of nitrogens with zero attached hydrogens (tertiary/aromatic N) is 2. The van der Waals surface area contributed by atoms with Crippen molar-refractivity contribution in [2.24, 2.45) is 0 Å². The lowest BCUT2D eigenvalue weighted by atomic mass is 10.1. The number of thioether (sulfide) groups is 1. The van der Waals surface area contributed by atoms with E-state index >= 15 is 0 Å². The van der Waals surface area contributed by atoms with Gasteiger partial charge in [-0.3, -0.25) is 10.1 Å². The quantitative estimate of drug-likeness (QED) is 0.602. The van der Waals surface area contributed by atoms with Gasteiger partial charge in [0.15, 0.2) is 0 Å². The monoisotopic (exact) mass is 410 g/mol. The van der Waals surface area contributed by atoms with Crippen LogP contribution in [0.4, 0.5) is 10.5 Å². The number of imide groups is 1. The molecular formula is C21H22N4O3S. The summed E-state index contributed by atoms with van der Waals surface area (Å²) in [6, 6.07) is 12.8. The van der Waals surface area contributed by atoms with Crippen molar-refractivity contribution >= 4 is 29.4 Å². The van der Waals surface area contributed by atoms with Gasteiger partial charge in [0.2, 0.25) is 11.8 Å². The van der Waals surface area contributed by atoms with Gasteiger partial charge < -0.3 is 9.73 Å². The van der Waals surface area contributed by atoms with Crippen molar-refractivity contribution in [3.05, 3.63) is 59.2 Å². The fourth-order valence-electron chi connectivity index (χ4n) is 2.60. The topological polar surface area (TPSA) is 97.1 Å². The largest absolute Gasteiger partial charge is 0.411 e. The molecule has 0 saturated carbocycles. The van der Waals surface area contributed by atoms with Gasteiger partial charge in [-0.25, -0.2) is 4.79 Å². The SMILES string of the molecule is Cc1ccc(-c2nnc(S[C@@H](C)C(=O)NC(=O)Nc3ccc(C)cc3C)o2)cc1. The van der Waals surface area contributed by atoms with Crippen molar-refractivity contribution in [2.75, 3.05) is 5.32 Å². The molecule has 3 amide bonds. The molecule has 2 aromatic carbocycles. The van der Waals surface area contributed by atoms with Gasteiger partial charge in [-0.1, -0.05) is 47.2 Å². The van der Waals surface area contributed by atoms with Crippen LogP contribution in [0.2, 0.25) is 0 Å². The molecule has 29 heavy (non-hydrogen) atoms. The van der Waals surface area contributed by atoms with Crippen molar-refractivity contribution < 1.29 is 14.0 Å². The number of benzene rings is 2. The number of hydrogen-bond donors (Lipinski definition) is 2. The third kappa shape index (κ3) is 5.45. The summed E-state index contributed by atoms with van der Waals surface area (Å²) < 4.78 is 5.62. The van der Waals surface area contributed by atoms with E-state index in [0.29, 0.717) is 11.6 Å². The standard InChI is InChI=1S/C21H22N4O3S/c1-12-5-8-16(9-6-12)19-24-25-21(28-19)29-15(4)18(26)23-20(27)22-17-10-7-13(2)11-14(17)3/h5-11,15H,1-4H3,(H2,22,23,26,27)/t15-/m0/s1. The minimum absolute atomic E-state index is 0.262. The van der Waals surface area contributed by atoms with E-state index in [1.807, 2.05) is 57.2 Å². The second-order valence-electron chi connectivity index (χ2n) is 6.76. The van der Waals surface area contributed by atoms with E-state index in [-0.39, 0.29) is 5.22 Å². The number of aromatic nitrogens is 2. The van der Waals surface area contributed by atoms with Crippen LogP contribution in [0, 0.1) is 20.8 Å². The van der Waals surface area contributed by atoms with Gasteiger partial charge in [-0.15, -0.1) is 10.2 Å². The average Bonchev–Trinajstić information content (AvgIpc) is 3.13. The van der Waals surface area contributed by atoms with Crippen molar-refractivity contribution in [1.82, 2.24) is 15.5 Å². The summed E-state index contributed by atoms with van der Waals surface area (Å²) >= 11 is 1.09. The highest BCUT2D eigenvalue weighted by Gasteiger charge is 2.21. The molecule has 0 aliphatic carbocycles. The predicted octanol–water partition coefficient (Wildman–Crippen LogP) is 4.49. The van der Waals surface area contributed by atoms with Gasteiger partial charge in [0.25, 0.3) is 5.22 Å². The molecule has 3 aromatic rings. The molecule has 0 aliphatic rings. The fraction of sp³-hybridized carbons (Fsp3) is 0.238. The molecule has 2 N–H and O–H groups in total. The first-order valence-electron chi connectivity index (χ1n) is 9.08. The highest BCUT2D eigenvalue weighted by Crippen LogP contribution is 2.26. The molecule has 1 aromatic heterocycles. The highest BCUT2D eigenvalue weighted by atomic mass is 32.2. The minimum Gasteiger partial charge on any atom is -0.411 e. The first-order chi connectivity index (χ1) is 13.8. The molecule has 0 radical (unpaired) electrons. The van der Waals surface area contributed by atoms with Crippen LogP contribution in [0.15, 0.2) is 52.1 Å². The summed E-state index contributed by atoms with van der Waals surface area (Å²) in [4.78, 5) is 24.4. The van der Waals surface area contributed by atoms with E-state index in [1.54, 1.807) is 13.0 Å². The summed E-state index contributed by atoms with van der Waals surface area (Å²) in [5.41, 5.74) is 4.61. The number of amides is 3. The van der Waals surface area contributed by atoms with Crippen molar-refractivity contribution in [3.8, 4) is 11.5 Å². The Bertz CT molecular complexity index is 1030. The molecule has 0 spiro atoms. The Kier molecular flexibility index (Phi) is 6.33. The van der Waals surface area contributed by atoms with E-state index in [1.165, 1.54) is 0 Å². The lowest BCUT2D eigenvalue weighted by Gasteiger charge is -2.12. The van der Waals surface area contributed by atoms with Gasteiger partial charge in [0, 0.05) is 11.3 Å². The molecule has 0 fully saturated rings. The lowest BCUT2D eigenvalue weighted by Crippen LogP contribution is -2.39. The molecular weight excluding hydrogens is 388 g/mol. The number of rotatable bonds is 5. The number of nitrogens with one attached hydrogen (secondary N) is 2. The van der Waals surface area contributed by atoms with Crippen LogP contribution in [0.25, 0.3) is 11.5 Å². The normalized spacial score (nSPS) is 11.7. The van der Waals surface area contributed by atoms with E-state index in [0.717, 1.165) is 34.0 Å². The van der Waals surface area contributed by atoms with Crippen LogP contribution >= 0.6 is 11.8 Å². The molecule has 0 unspecified atom stereocenters. The van der Waals surface area contributed by atoms with Gasteiger partial charge in [-0.05, 0) is 51.5 Å². The molecule has 3 rings (SSSR count). The van der Waals surface area contributed by atoms with Crippen molar-refractivity contribution in [1.29, 1.82) is 0 Å². The zero-order valence-corrected chi connectivity index (χ0v) is 17.5. The van der Waals surface area contributed by atoms with Crippen LogP contribution in [-0.2, 0) is 4.79 Å². The Labute approximate surface area is 173 Å². The Hall–Kier alpha value is -3.13. The maximum absolute atomic E-state index is 12.3. The highest BCUT2D eigenvalue weighted by molar-refractivity contribution is 8.00. The van der Waals surface area contributed by atoms with Gasteiger partial charge in [-0.2, -0.15) is 0 Å². The summed E-state index contributed by atoms with van der Waals surface area (Å²) in [5, 5.41) is 12.7. The van der Waals surface area contributed by atoms with E-state index in [9.17, 15) is 9.59 Å². The summed E-state index contributed by atoms with van der Waals surface area (Å²) in [5.74, 6) is -0.0694. The minimum atomic E-state index is -0.591. The lowest BCUT2D eigenvalue weighted by molar-refractivity contribution is -0.119. The molecule has 0 saturated heterocycles. The molecule has 0 aliphatic heterocycles. The Morgan fingerprint density at radius 3 is 2.38 bits per heavy atom. The first kappa shape index (κ1) is 20.6. The van der Waals surface area contributed by atoms with Crippen LogP contribution < -0.4 is 10.6 Å². The van der Waals surface area contributed by atoms with Crippen LogP contribution in [0.1, 0.15) is 23.6 Å². The fourth-order valence-corrected chi connectivity index (χ4v) is 3.28. The smallest absolute Gasteiger partial charge is 0.325 e. The third-order valence-corrected chi connectivity index (χ3v) is 5.15. The van der Waals surface area contributed by atoms with Crippen molar-refractivity contribution in [2.45, 2.75) is 38.2 Å². The summed E-state index contributed by atoms with van der Waals surface area (Å²) in [7, 11) is 0. The molecule has 0 bridgehead atoms. The van der Waals surface area contributed by atoms with Gasteiger partial charge in [0.05, 0.1) is 5.25 Å². The van der Waals surface area contributed by atoms with Gasteiger partial charge in [0.1, 0.15) is 0 Å². The molecule has 150 valence electrons. The zero-order chi connectivity index (χ0) is 21.0. The maximum atomic E-state index is 12.3. The Balaban J connectivity index is 1.56. The number of hydrogen-bond acceptors (Lipinski definition) is 6. The van der Waals surface area contributed by atoms with Crippen LogP contribution in [0.3, 0.4) is 0 Å². The molecule has 8 heteroatoms. The summed E-state index contributed by atoms with van der Waals surface area (Å²) in [6.07, 6.45) is 0. The predicted molar refractivity (Wildman–Crippen MR) is 113 cm³/mol.